The minimum atomic E-state index is 0.208. The van der Waals surface area contributed by atoms with Crippen LogP contribution < -0.4 is 5.32 Å². The smallest absolute Gasteiger partial charge is 0.223 e. The number of carbonyl (C=O) groups is 1. The Hall–Kier alpha value is -1.42. The molecule has 3 aliphatic rings. The lowest BCUT2D eigenvalue weighted by Crippen LogP contribution is -2.55. The molecule has 4 rings (SSSR count). The highest BCUT2D eigenvalue weighted by molar-refractivity contribution is 5.77. The highest BCUT2D eigenvalue weighted by atomic mass is 16.2. The first-order valence-corrected chi connectivity index (χ1v) is 9.21. The van der Waals surface area contributed by atoms with Gasteiger partial charge in [0.15, 0.2) is 0 Å². The van der Waals surface area contributed by atoms with Crippen LogP contribution in [0.15, 0.2) is 24.5 Å². The van der Waals surface area contributed by atoms with Crippen LogP contribution in [0.4, 0.5) is 0 Å². The molecule has 2 aliphatic heterocycles. The minimum Gasteiger partial charge on any atom is -0.337 e. The fraction of sp³-hybridized carbons (Fsp3) is 0.684. The first kappa shape index (κ1) is 15.1. The lowest BCUT2D eigenvalue weighted by Gasteiger charge is -2.48. The Bertz CT molecular complexity index is 561. The van der Waals surface area contributed by atoms with E-state index in [1.807, 2.05) is 18.5 Å². The van der Waals surface area contributed by atoms with E-state index in [0.717, 1.165) is 25.9 Å². The summed E-state index contributed by atoms with van der Waals surface area (Å²) in [7, 11) is 0. The zero-order valence-corrected chi connectivity index (χ0v) is 13.8. The van der Waals surface area contributed by atoms with Crippen LogP contribution in [0.1, 0.15) is 56.9 Å². The first-order chi connectivity index (χ1) is 11.3. The number of aromatic nitrogens is 1. The summed E-state index contributed by atoms with van der Waals surface area (Å²) in [4.78, 5) is 18.9. The largest absolute Gasteiger partial charge is 0.337 e. The molecule has 0 unspecified atom stereocenters. The van der Waals surface area contributed by atoms with Crippen molar-refractivity contribution in [3.05, 3.63) is 30.1 Å². The number of hydrogen-bond donors (Lipinski definition) is 1. The van der Waals surface area contributed by atoms with Crippen molar-refractivity contribution in [1.82, 2.24) is 15.2 Å². The minimum absolute atomic E-state index is 0.208. The Morgan fingerprint density at radius 3 is 3.13 bits per heavy atom. The van der Waals surface area contributed by atoms with E-state index < -0.39 is 0 Å². The number of pyridine rings is 1. The van der Waals surface area contributed by atoms with Crippen molar-refractivity contribution in [1.29, 1.82) is 0 Å². The van der Waals surface area contributed by atoms with Crippen molar-refractivity contribution in [2.45, 2.75) is 69.5 Å². The fourth-order valence-electron chi connectivity index (χ4n) is 5.24. The van der Waals surface area contributed by atoms with E-state index in [1.54, 1.807) is 0 Å². The van der Waals surface area contributed by atoms with Gasteiger partial charge in [0.25, 0.3) is 0 Å². The Balaban J connectivity index is 1.43. The van der Waals surface area contributed by atoms with Crippen molar-refractivity contribution in [3.63, 3.8) is 0 Å². The maximum absolute atomic E-state index is 12.4. The fourth-order valence-corrected chi connectivity index (χ4v) is 5.24. The van der Waals surface area contributed by atoms with Crippen LogP contribution in [0.3, 0.4) is 0 Å². The first-order valence-electron chi connectivity index (χ1n) is 9.21. The molecule has 3 atom stereocenters. The van der Waals surface area contributed by atoms with E-state index in [1.165, 1.54) is 44.1 Å². The quantitative estimate of drug-likeness (QED) is 0.933. The average molecular weight is 313 g/mol. The normalized spacial score (nSPS) is 33.9. The second-order valence-corrected chi connectivity index (χ2v) is 7.56. The maximum Gasteiger partial charge on any atom is 0.223 e. The summed E-state index contributed by atoms with van der Waals surface area (Å²) >= 11 is 0. The van der Waals surface area contributed by atoms with Crippen LogP contribution in [-0.2, 0) is 11.3 Å². The van der Waals surface area contributed by atoms with E-state index >= 15 is 0 Å². The third kappa shape index (κ3) is 2.78. The molecule has 1 aromatic rings. The van der Waals surface area contributed by atoms with E-state index in [-0.39, 0.29) is 5.54 Å². The molecule has 0 aromatic carbocycles. The number of nitrogens with one attached hydrogen (secondary N) is 1. The van der Waals surface area contributed by atoms with Crippen LogP contribution in [0.5, 0.6) is 0 Å². The summed E-state index contributed by atoms with van der Waals surface area (Å²) in [6.07, 6.45) is 12.9. The molecule has 4 nitrogen and oxygen atoms in total. The molecule has 1 amide bonds. The molecule has 0 radical (unpaired) electrons. The van der Waals surface area contributed by atoms with E-state index in [9.17, 15) is 4.79 Å². The molecule has 0 bridgehead atoms. The highest BCUT2D eigenvalue weighted by Crippen LogP contribution is 2.49. The number of amides is 1. The Morgan fingerprint density at radius 2 is 2.26 bits per heavy atom. The predicted octanol–water partition coefficient (Wildman–Crippen LogP) is 2.89. The van der Waals surface area contributed by atoms with Crippen molar-refractivity contribution in [2.24, 2.45) is 5.92 Å². The van der Waals surface area contributed by atoms with Crippen molar-refractivity contribution >= 4 is 5.91 Å². The molecule has 124 valence electrons. The molecule has 2 saturated heterocycles. The Kier molecular flexibility index (Phi) is 4.10. The molecular formula is C19H27N3O. The summed E-state index contributed by atoms with van der Waals surface area (Å²) in [5, 5.41) is 3.74. The molecule has 1 saturated carbocycles. The Morgan fingerprint density at radius 1 is 1.30 bits per heavy atom. The number of carbonyl (C=O) groups excluding carboxylic acids is 1. The van der Waals surface area contributed by atoms with Crippen molar-refractivity contribution < 1.29 is 4.79 Å². The topological polar surface area (TPSA) is 45.2 Å². The molecule has 1 N–H and O–H groups in total. The van der Waals surface area contributed by atoms with Gasteiger partial charge in [0, 0.05) is 43.5 Å². The summed E-state index contributed by atoms with van der Waals surface area (Å²) < 4.78 is 0. The summed E-state index contributed by atoms with van der Waals surface area (Å²) in [6, 6.07) is 4.72. The molecule has 3 fully saturated rings. The van der Waals surface area contributed by atoms with Crippen molar-refractivity contribution in [2.75, 3.05) is 6.54 Å². The molecular weight excluding hydrogens is 286 g/mol. The highest BCUT2D eigenvalue weighted by Gasteiger charge is 2.52. The third-order valence-corrected chi connectivity index (χ3v) is 6.35. The predicted molar refractivity (Wildman–Crippen MR) is 89.7 cm³/mol. The second kappa shape index (κ2) is 6.23. The van der Waals surface area contributed by atoms with Crippen LogP contribution in [0, 0.1) is 5.92 Å². The number of hydrogen-bond acceptors (Lipinski definition) is 3. The third-order valence-electron chi connectivity index (χ3n) is 6.35. The van der Waals surface area contributed by atoms with Gasteiger partial charge in [-0.3, -0.25) is 9.78 Å². The van der Waals surface area contributed by atoms with Gasteiger partial charge in [0.1, 0.15) is 0 Å². The van der Waals surface area contributed by atoms with Gasteiger partial charge in [0.05, 0.1) is 0 Å². The molecule has 23 heavy (non-hydrogen) atoms. The van der Waals surface area contributed by atoms with Gasteiger partial charge in [-0.1, -0.05) is 6.07 Å². The van der Waals surface area contributed by atoms with Gasteiger partial charge in [0.2, 0.25) is 5.91 Å². The zero-order valence-electron chi connectivity index (χ0n) is 13.8. The zero-order chi connectivity index (χ0) is 15.7. The van der Waals surface area contributed by atoms with Crippen LogP contribution in [-0.4, -0.2) is 33.9 Å². The number of nitrogens with zero attached hydrogens (tertiary/aromatic N) is 2. The van der Waals surface area contributed by atoms with Gasteiger partial charge < -0.3 is 10.2 Å². The monoisotopic (exact) mass is 313 g/mol. The van der Waals surface area contributed by atoms with E-state index in [4.69, 9.17) is 0 Å². The van der Waals surface area contributed by atoms with Gasteiger partial charge in [-0.05, 0) is 62.5 Å². The maximum atomic E-state index is 12.4. The van der Waals surface area contributed by atoms with E-state index in [2.05, 4.69) is 21.3 Å². The van der Waals surface area contributed by atoms with Crippen LogP contribution in [0.2, 0.25) is 0 Å². The second-order valence-electron chi connectivity index (χ2n) is 7.56. The average Bonchev–Trinajstić information content (AvgIpc) is 2.95. The molecule has 1 aliphatic carbocycles. The van der Waals surface area contributed by atoms with Crippen molar-refractivity contribution in [3.8, 4) is 0 Å². The Labute approximate surface area is 138 Å². The van der Waals surface area contributed by atoms with Gasteiger partial charge in [-0.25, -0.2) is 0 Å². The summed E-state index contributed by atoms with van der Waals surface area (Å²) in [5.41, 5.74) is 1.46. The van der Waals surface area contributed by atoms with E-state index in [0.29, 0.717) is 17.9 Å². The van der Waals surface area contributed by atoms with Gasteiger partial charge >= 0.3 is 0 Å². The standard InChI is InChI=1S/C19H27N3O/c23-18-6-1-5-16-12-17(21-14-15-4-2-10-20-13-15)7-9-19(16)8-3-11-22(18)19/h2,4,10,13,16-17,21H,1,3,5-9,11-12,14H2/t16-,17+,19+/m0/s1. The molecule has 1 spiro atoms. The molecule has 3 heterocycles. The lowest BCUT2D eigenvalue weighted by molar-refractivity contribution is -0.137. The van der Waals surface area contributed by atoms with Crippen LogP contribution in [0.25, 0.3) is 0 Å². The lowest BCUT2D eigenvalue weighted by atomic mass is 9.68. The number of rotatable bonds is 3. The molecule has 4 heteroatoms. The molecule has 1 aromatic heterocycles. The van der Waals surface area contributed by atoms with Gasteiger partial charge in [-0.15, -0.1) is 0 Å². The van der Waals surface area contributed by atoms with Gasteiger partial charge in [-0.2, -0.15) is 0 Å². The SMILES string of the molecule is O=C1CCC[C@H]2C[C@H](NCc3cccnc3)CC[C@]23CCCN13. The summed E-state index contributed by atoms with van der Waals surface area (Å²) in [5.74, 6) is 1.11. The van der Waals surface area contributed by atoms with Crippen LogP contribution >= 0.6 is 0 Å². The summed E-state index contributed by atoms with van der Waals surface area (Å²) in [6.45, 7) is 1.91.